The average Bonchev–Trinajstić information content (AvgIpc) is 2.45. The van der Waals surface area contributed by atoms with Crippen molar-refractivity contribution in [2.24, 2.45) is 0 Å². The minimum Gasteiger partial charge on any atom is -0.394 e. The van der Waals surface area contributed by atoms with Gasteiger partial charge in [-0.3, -0.25) is 4.98 Å². The number of rotatable bonds is 6. The minimum absolute atomic E-state index is 0.0479. The van der Waals surface area contributed by atoms with E-state index in [0.29, 0.717) is 11.3 Å². The topological polar surface area (TPSA) is 97.0 Å². The molecule has 0 bridgehead atoms. The van der Waals surface area contributed by atoms with Gasteiger partial charge in [-0.25, -0.2) is 4.98 Å². The lowest BCUT2D eigenvalue weighted by Crippen LogP contribution is -2.24. The number of hydrogen-bond acceptors (Lipinski definition) is 6. The van der Waals surface area contributed by atoms with Crippen LogP contribution in [0.15, 0.2) is 12.3 Å². The third-order valence-electron chi connectivity index (χ3n) is 3.22. The van der Waals surface area contributed by atoms with E-state index in [0.717, 1.165) is 30.3 Å². The lowest BCUT2D eigenvalue weighted by atomic mass is 10.1. The van der Waals surface area contributed by atoms with Gasteiger partial charge in [0.15, 0.2) is 5.82 Å². The summed E-state index contributed by atoms with van der Waals surface area (Å²) in [6.45, 7) is 4.18. The van der Waals surface area contributed by atoms with E-state index in [1.54, 1.807) is 0 Å². The molecule has 0 aliphatic heterocycles. The second-order valence-electron chi connectivity index (χ2n) is 4.81. The van der Waals surface area contributed by atoms with Crippen molar-refractivity contribution in [3.8, 4) is 0 Å². The van der Waals surface area contributed by atoms with E-state index < -0.39 is 0 Å². The van der Waals surface area contributed by atoms with Gasteiger partial charge in [0.25, 0.3) is 0 Å². The molecule has 2 rings (SSSR count). The Morgan fingerprint density at radius 2 is 2.15 bits per heavy atom. The number of aliphatic hydroxyl groups is 1. The number of fused-ring (bicyclic) bond motifs is 1. The largest absolute Gasteiger partial charge is 0.394 e. The fourth-order valence-electron chi connectivity index (χ4n) is 2.12. The molecule has 0 radical (unpaired) electrons. The predicted octanol–water partition coefficient (Wildman–Crippen LogP) is 1.74. The van der Waals surface area contributed by atoms with E-state index in [1.807, 2.05) is 12.3 Å². The van der Waals surface area contributed by atoms with Gasteiger partial charge in [-0.15, -0.1) is 0 Å². The van der Waals surface area contributed by atoms with Gasteiger partial charge in [0.1, 0.15) is 5.52 Å². The Bertz CT molecular complexity index is 587. The lowest BCUT2D eigenvalue weighted by Gasteiger charge is -2.17. The van der Waals surface area contributed by atoms with Crippen molar-refractivity contribution < 1.29 is 5.11 Å². The van der Waals surface area contributed by atoms with Crippen molar-refractivity contribution in [1.82, 2.24) is 15.0 Å². The first kappa shape index (κ1) is 14.5. The standard InChI is InChI=1S/C14H21N5O/c1-3-5-10(8-20)17-13-12-11(18-14(15)19-13)6-9(4-2)7-16-12/h6-7,10,20H,3-5,8H2,1-2H3,(H3,15,17,18,19). The summed E-state index contributed by atoms with van der Waals surface area (Å²) in [5, 5.41) is 12.6. The van der Waals surface area contributed by atoms with Crippen LogP contribution in [0.4, 0.5) is 11.8 Å². The zero-order chi connectivity index (χ0) is 14.5. The van der Waals surface area contributed by atoms with E-state index in [2.05, 4.69) is 34.1 Å². The highest BCUT2D eigenvalue weighted by Gasteiger charge is 2.12. The van der Waals surface area contributed by atoms with Gasteiger partial charge in [0.2, 0.25) is 5.95 Å². The molecular weight excluding hydrogens is 254 g/mol. The van der Waals surface area contributed by atoms with Crippen LogP contribution in [0.5, 0.6) is 0 Å². The molecule has 6 heteroatoms. The van der Waals surface area contributed by atoms with Crippen LogP contribution in [-0.4, -0.2) is 32.7 Å². The molecule has 6 nitrogen and oxygen atoms in total. The zero-order valence-corrected chi connectivity index (χ0v) is 11.9. The van der Waals surface area contributed by atoms with Gasteiger partial charge >= 0.3 is 0 Å². The number of aryl methyl sites for hydroxylation is 1. The Balaban J connectivity index is 2.41. The smallest absolute Gasteiger partial charge is 0.222 e. The minimum atomic E-state index is -0.0508. The van der Waals surface area contributed by atoms with Crippen LogP contribution in [0.3, 0.4) is 0 Å². The van der Waals surface area contributed by atoms with Crippen molar-refractivity contribution in [2.45, 2.75) is 39.2 Å². The third-order valence-corrected chi connectivity index (χ3v) is 3.22. The number of aromatic nitrogens is 3. The van der Waals surface area contributed by atoms with Gasteiger partial charge in [0, 0.05) is 6.20 Å². The number of nitrogens with one attached hydrogen (secondary N) is 1. The Kier molecular flexibility index (Phi) is 4.68. The van der Waals surface area contributed by atoms with Crippen molar-refractivity contribution in [3.63, 3.8) is 0 Å². The molecule has 0 spiro atoms. The van der Waals surface area contributed by atoms with Crippen LogP contribution < -0.4 is 11.1 Å². The Hall–Kier alpha value is -1.95. The Morgan fingerprint density at radius 3 is 2.80 bits per heavy atom. The number of aliphatic hydroxyl groups excluding tert-OH is 1. The van der Waals surface area contributed by atoms with Gasteiger partial charge in [-0.1, -0.05) is 20.3 Å². The first-order chi connectivity index (χ1) is 9.67. The summed E-state index contributed by atoms with van der Waals surface area (Å²) >= 11 is 0. The van der Waals surface area contributed by atoms with Gasteiger partial charge < -0.3 is 16.2 Å². The summed E-state index contributed by atoms with van der Waals surface area (Å²) in [6, 6.07) is 1.92. The van der Waals surface area contributed by atoms with E-state index in [9.17, 15) is 5.11 Å². The molecule has 0 amide bonds. The summed E-state index contributed by atoms with van der Waals surface area (Å²) < 4.78 is 0. The maximum atomic E-state index is 9.38. The molecule has 4 N–H and O–H groups in total. The number of pyridine rings is 1. The van der Waals surface area contributed by atoms with E-state index in [-0.39, 0.29) is 18.6 Å². The molecule has 1 unspecified atom stereocenters. The molecule has 0 aliphatic carbocycles. The highest BCUT2D eigenvalue weighted by Crippen LogP contribution is 2.21. The zero-order valence-electron chi connectivity index (χ0n) is 11.9. The molecule has 0 aliphatic rings. The molecule has 2 aromatic rings. The molecule has 0 saturated carbocycles. The SMILES string of the molecule is CCCC(CO)Nc1nc(N)nc2cc(CC)cnc12. The molecule has 2 aromatic heterocycles. The van der Waals surface area contributed by atoms with Gasteiger partial charge in [-0.2, -0.15) is 4.98 Å². The first-order valence-electron chi connectivity index (χ1n) is 6.97. The van der Waals surface area contributed by atoms with Crippen LogP contribution in [0.25, 0.3) is 11.0 Å². The van der Waals surface area contributed by atoms with Crippen LogP contribution in [-0.2, 0) is 6.42 Å². The number of nitrogen functional groups attached to an aromatic ring is 1. The normalized spacial score (nSPS) is 12.6. The van der Waals surface area contributed by atoms with Crippen molar-refractivity contribution >= 4 is 22.8 Å². The summed E-state index contributed by atoms with van der Waals surface area (Å²) in [6.07, 6.45) is 4.55. The molecule has 2 heterocycles. The molecule has 108 valence electrons. The number of hydrogen-bond donors (Lipinski definition) is 3. The van der Waals surface area contributed by atoms with Crippen LogP contribution in [0.1, 0.15) is 32.3 Å². The predicted molar refractivity (Wildman–Crippen MR) is 80.5 cm³/mol. The Morgan fingerprint density at radius 1 is 1.35 bits per heavy atom. The van der Waals surface area contributed by atoms with Gasteiger partial charge in [0.05, 0.1) is 18.2 Å². The Labute approximate surface area is 118 Å². The maximum Gasteiger partial charge on any atom is 0.222 e. The maximum absolute atomic E-state index is 9.38. The molecule has 0 saturated heterocycles. The molecule has 0 fully saturated rings. The quantitative estimate of drug-likeness (QED) is 0.743. The summed E-state index contributed by atoms with van der Waals surface area (Å²) in [4.78, 5) is 12.9. The summed E-state index contributed by atoms with van der Waals surface area (Å²) in [7, 11) is 0. The summed E-state index contributed by atoms with van der Waals surface area (Å²) in [5.74, 6) is 0.797. The highest BCUT2D eigenvalue weighted by atomic mass is 16.3. The van der Waals surface area contributed by atoms with Crippen LogP contribution in [0.2, 0.25) is 0 Å². The van der Waals surface area contributed by atoms with Crippen molar-refractivity contribution in [2.75, 3.05) is 17.7 Å². The highest BCUT2D eigenvalue weighted by molar-refractivity contribution is 5.86. The summed E-state index contributed by atoms with van der Waals surface area (Å²) in [5.41, 5.74) is 8.28. The number of nitrogens with zero attached hydrogens (tertiary/aromatic N) is 3. The first-order valence-corrected chi connectivity index (χ1v) is 6.97. The molecule has 20 heavy (non-hydrogen) atoms. The molecular formula is C14H21N5O. The van der Waals surface area contributed by atoms with Gasteiger partial charge in [-0.05, 0) is 24.5 Å². The van der Waals surface area contributed by atoms with Crippen molar-refractivity contribution in [3.05, 3.63) is 17.8 Å². The van der Waals surface area contributed by atoms with E-state index in [1.165, 1.54) is 0 Å². The van der Waals surface area contributed by atoms with Crippen LogP contribution >= 0.6 is 0 Å². The number of anilines is 2. The fourth-order valence-corrected chi connectivity index (χ4v) is 2.12. The fraction of sp³-hybridized carbons (Fsp3) is 0.500. The molecule has 0 aromatic carbocycles. The van der Waals surface area contributed by atoms with E-state index in [4.69, 9.17) is 5.73 Å². The monoisotopic (exact) mass is 275 g/mol. The third kappa shape index (κ3) is 3.14. The average molecular weight is 275 g/mol. The van der Waals surface area contributed by atoms with Crippen molar-refractivity contribution in [1.29, 1.82) is 0 Å². The second kappa shape index (κ2) is 6.47. The van der Waals surface area contributed by atoms with E-state index >= 15 is 0 Å². The lowest BCUT2D eigenvalue weighted by molar-refractivity contribution is 0.268. The number of nitrogens with two attached hydrogens (primary N) is 1. The molecule has 1 atom stereocenters. The second-order valence-corrected chi connectivity index (χ2v) is 4.81. The van der Waals surface area contributed by atoms with Crippen LogP contribution in [0, 0.1) is 0 Å².